The number of phenols is 1. The van der Waals surface area contributed by atoms with Gasteiger partial charge in [-0.3, -0.25) is 14.3 Å². The van der Waals surface area contributed by atoms with Crippen LogP contribution in [0.5, 0.6) is 5.75 Å². The average Bonchev–Trinajstić information content (AvgIpc) is 3.78. The maximum absolute atomic E-state index is 14.9. The number of nitrogens with zero attached hydrogens (tertiary/aromatic N) is 4. The molecule has 0 radical (unpaired) electrons. The van der Waals surface area contributed by atoms with Crippen molar-refractivity contribution in [2.75, 3.05) is 13.1 Å². The van der Waals surface area contributed by atoms with Crippen LogP contribution in [-0.2, 0) is 4.79 Å². The minimum absolute atomic E-state index is 0.0355. The number of halogens is 2. The van der Waals surface area contributed by atoms with Gasteiger partial charge in [0, 0.05) is 41.2 Å². The Morgan fingerprint density at radius 2 is 1.90 bits per heavy atom. The topological polar surface area (TPSA) is 88.3 Å². The number of piperidine rings is 1. The summed E-state index contributed by atoms with van der Waals surface area (Å²) in [6.07, 6.45) is 7.97. The number of rotatable bonds is 5. The van der Waals surface area contributed by atoms with E-state index < -0.39 is 11.5 Å². The van der Waals surface area contributed by atoms with Crippen LogP contribution in [0.2, 0.25) is 5.02 Å². The van der Waals surface area contributed by atoms with Gasteiger partial charge in [-0.1, -0.05) is 24.2 Å². The first-order valence-electron chi connectivity index (χ1n) is 13.0. The van der Waals surface area contributed by atoms with Gasteiger partial charge >= 0.3 is 5.69 Å². The fourth-order valence-electron chi connectivity index (χ4n) is 5.61. The zero-order valence-electron chi connectivity index (χ0n) is 21.1. The van der Waals surface area contributed by atoms with E-state index >= 15 is 0 Å². The summed E-state index contributed by atoms with van der Waals surface area (Å²) in [5.41, 5.74) is 2.51. The highest BCUT2D eigenvalue weighted by Gasteiger charge is 2.30. The van der Waals surface area contributed by atoms with E-state index in [4.69, 9.17) is 11.6 Å². The Morgan fingerprint density at radius 3 is 2.59 bits per heavy atom. The molecule has 2 aliphatic rings. The molecule has 0 spiro atoms. The first-order valence-corrected chi connectivity index (χ1v) is 13.3. The molecule has 1 aliphatic carbocycles. The second-order valence-corrected chi connectivity index (χ2v) is 10.5. The number of hydrogen-bond acceptors (Lipinski definition) is 5. The zero-order chi connectivity index (χ0) is 27.3. The van der Waals surface area contributed by atoms with E-state index in [0.29, 0.717) is 54.1 Å². The summed E-state index contributed by atoms with van der Waals surface area (Å²) in [7, 11) is 0. The number of amides is 1. The molecule has 1 aliphatic heterocycles. The van der Waals surface area contributed by atoms with Crippen LogP contribution in [0, 0.1) is 5.82 Å². The van der Waals surface area contributed by atoms with Crippen molar-refractivity contribution in [1.82, 2.24) is 19.4 Å². The van der Waals surface area contributed by atoms with Gasteiger partial charge in [0.2, 0.25) is 5.91 Å². The van der Waals surface area contributed by atoms with Crippen LogP contribution < -0.4 is 5.69 Å². The standard InChI is InChI=1S/C30H26ClFN4O3/c1-2-27(38)35-12-9-18(10-13-35)29-21-14-22(31)20(28-23(32)4-3-5-26(28)37)15-24(21)36(30(39)34-29)25-16-33-11-8-19(25)17-6-7-17/h2-5,8,11,14-18,37H,1,6-7,9-10,12-13H2. The minimum atomic E-state index is -0.626. The summed E-state index contributed by atoms with van der Waals surface area (Å²) >= 11 is 6.74. The second-order valence-electron chi connectivity index (χ2n) is 10.1. The molecule has 6 rings (SSSR count). The lowest BCUT2D eigenvalue weighted by atomic mass is 9.90. The summed E-state index contributed by atoms with van der Waals surface area (Å²) in [5, 5.41) is 11.4. The van der Waals surface area contributed by atoms with E-state index in [1.807, 2.05) is 6.07 Å². The van der Waals surface area contributed by atoms with Gasteiger partial charge in [0.15, 0.2) is 0 Å². The molecule has 1 amide bonds. The monoisotopic (exact) mass is 544 g/mol. The molecule has 1 saturated heterocycles. The fraction of sp³-hybridized carbons (Fsp3) is 0.267. The highest BCUT2D eigenvalue weighted by molar-refractivity contribution is 6.34. The maximum Gasteiger partial charge on any atom is 0.352 e. The maximum atomic E-state index is 14.9. The van der Waals surface area contributed by atoms with Crippen LogP contribution in [0.1, 0.15) is 48.8 Å². The van der Waals surface area contributed by atoms with Crippen molar-refractivity contribution in [2.45, 2.75) is 37.5 Å². The number of aromatic hydroxyl groups is 1. The van der Waals surface area contributed by atoms with Crippen LogP contribution in [-0.4, -0.2) is 43.5 Å². The van der Waals surface area contributed by atoms with Crippen molar-refractivity contribution in [3.05, 3.63) is 94.0 Å². The van der Waals surface area contributed by atoms with Crippen LogP contribution in [0.15, 0.2) is 66.2 Å². The number of likely N-dealkylation sites (tertiary alicyclic amines) is 1. The molecule has 0 unspecified atom stereocenters. The van der Waals surface area contributed by atoms with Crippen molar-refractivity contribution in [3.8, 4) is 22.6 Å². The Hall–Kier alpha value is -4.04. The Morgan fingerprint density at radius 1 is 1.13 bits per heavy atom. The number of fused-ring (bicyclic) bond motifs is 1. The van der Waals surface area contributed by atoms with Crippen molar-refractivity contribution in [3.63, 3.8) is 0 Å². The Kier molecular flexibility index (Phi) is 6.43. The highest BCUT2D eigenvalue weighted by Crippen LogP contribution is 2.44. The molecular weight excluding hydrogens is 519 g/mol. The van der Waals surface area contributed by atoms with Gasteiger partial charge in [-0.25, -0.2) is 9.18 Å². The summed E-state index contributed by atoms with van der Waals surface area (Å²) in [5.74, 6) is -0.747. The number of carbonyl (C=O) groups excluding carboxylic acids is 1. The van der Waals surface area contributed by atoms with E-state index in [9.17, 15) is 19.1 Å². The first kappa shape index (κ1) is 25.2. The molecule has 1 saturated carbocycles. The number of aromatic nitrogens is 3. The molecule has 2 fully saturated rings. The van der Waals surface area contributed by atoms with Gasteiger partial charge in [-0.2, -0.15) is 4.98 Å². The van der Waals surface area contributed by atoms with Gasteiger partial charge in [0.1, 0.15) is 11.6 Å². The van der Waals surface area contributed by atoms with Crippen molar-refractivity contribution < 1.29 is 14.3 Å². The molecule has 39 heavy (non-hydrogen) atoms. The molecule has 198 valence electrons. The molecule has 1 N–H and O–H groups in total. The Bertz CT molecular complexity index is 1670. The SMILES string of the molecule is C=CC(=O)N1CCC(c2nc(=O)n(-c3cnccc3C3CC3)c3cc(-c4c(O)cccc4F)c(Cl)cc23)CC1. The Labute approximate surface area is 229 Å². The number of carbonyl (C=O) groups is 1. The lowest BCUT2D eigenvalue weighted by molar-refractivity contribution is -0.127. The summed E-state index contributed by atoms with van der Waals surface area (Å²) < 4.78 is 16.5. The predicted molar refractivity (Wildman–Crippen MR) is 148 cm³/mol. The summed E-state index contributed by atoms with van der Waals surface area (Å²) in [6, 6.07) is 9.35. The largest absolute Gasteiger partial charge is 0.507 e. The van der Waals surface area contributed by atoms with E-state index in [0.717, 1.165) is 18.4 Å². The molecule has 4 aromatic rings. The number of benzene rings is 2. The third-order valence-electron chi connectivity index (χ3n) is 7.73. The van der Waals surface area contributed by atoms with Gasteiger partial charge in [0.25, 0.3) is 0 Å². The highest BCUT2D eigenvalue weighted by atomic mass is 35.5. The van der Waals surface area contributed by atoms with Crippen LogP contribution in [0.4, 0.5) is 4.39 Å². The fourth-order valence-corrected chi connectivity index (χ4v) is 5.87. The lowest BCUT2D eigenvalue weighted by Crippen LogP contribution is -2.37. The van der Waals surface area contributed by atoms with Crippen LogP contribution >= 0.6 is 11.6 Å². The molecule has 9 heteroatoms. The molecule has 0 bridgehead atoms. The van der Waals surface area contributed by atoms with E-state index in [1.54, 1.807) is 29.4 Å². The van der Waals surface area contributed by atoms with Crippen molar-refractivity contribution >= 4 is 28.4 Å². The number of pyridine rings is 1. The van der Waals surface area contributed by atoms with Gasteiger partial charge in [-0.05, 0) is 73.6 Å². The summed E-state index contributed by atoms with van der Waals surface area (Å²) in [4.78, 5) is 36.5. The van der Waals surface area contributed by atoms with E-state index in [-0.39, 0.29) is 33.7 Å². The smallest absolute Gasteiger partial charge is 0.352 e. The van der Waals surface area contributed by atoms with Gasteiger partial charge in [-0.15, -0.1) is 0 Å². The molecule has 0 atom stereocenters. The van der Waals surface area contributed by atoms with Crippen LogP contribution in [0.3, 0.4) is 0 Å². The molecule has 2 aromatic carbocycles. The van der Waals surface area contributed by atoms with Crippen LogP contribution in [0.25, 0.3) is 27.7 Å². The molecule has 3 heterocycles. The zero-order valence-corrected chi connectivity index (χ0v) is 21.9. The number of phenolic OH excluding ortho intramolecular Hbond substituents is 1. The third kappa shape index (κ3) is 4.48. The average molecular weight is 545 g/mol. The quantitative estimate of drug-likeness (QED) is 0.325. The van der Waals surface area contributed by atoms with E-state index in [2.05, 4.69) is 16.5 Å². The Balaban J connectivity index is 1.59. The second kappa shape index (κ2) is 9.93. The van der Waals surface area contributed by atoms with E-state index in [1.165, 1.54) is 28.8 Å². The molecule has 7 nitrogen and oxygen atoms in total. The van der Waals surface area contributed by atoms with Gasteiger partial charge in [0.05, 0.1) is 28.7 Å². The number of hydrogen-bond donors (Lipinski definition) is 1. The normalized spacial score (nSPS) is 16.0. The third-order valence-corrected chi connectivity index (χ3v) is 8.04. The van der Waals surface area contributed by atoms with Crippen molar-refractivity contribution in [1.29, 1.82) is 0 Å². The lowest BCUT2D eigenvalue weighted by Gasteiger charge is -2.31. The predicted octanol–water partition coefficient (Wildman–Crippen LogP) is 5.72. The van der Waals surface area contributed by atoms with Crippen molar-refractivity contribution in [2.24, 2.45) is 0 Å². The summed E-state index contributed by atoms with van der Waals surface area (Å²) in [6.45, 7) is 4.61. The first-order chi connectivity index (χ1) is 18.9. The van der Waals surface area contributed by atoms with Gasteiger partial charge < -0.3 is 10.0 Å². The molecule has 2 aromatic heterocycles. The molecular formula is C30H26ClFN4O3. The minimum Gasteiger partial charge on any atom is -0.507 e.